The van der Waals surface area contributed by atoms with Crippen molar-refractivity contribution in [3.63, 3.8) is 0 Å². The maximum absolute atomic E-state index is 3.40. The predicted octanol–water partition coefficient (Wildman–Crippen LogP) is 1.20. The van der Waals surface area contributed by atoms with Crippen molar-refractivity contribution in [1.29, 1.82) is 0 Å². The Hall–Kier alpha value is -1.24. The standard InChI is InChI=1S/C12H8NSe/c1-3-7-11-9(5-1)13-10-6-2-4-8-12(10)14-11/h1-5,7-8,13H. The predicted molar refractivity (Wildman–Crippen MR) is 60.0 cm³/mol. The molecule has 0 atom stereocenters. The van der Waals surface area contributed by atoms with E-state index in [0.29, 0.717) is 15.0 Å². The van der Waals surface area contributed by atoms with E-state index in [1.165, 1.54) is 14.6 Å². The summed E-state index contributed by atoms with van der Waals surface area (Å²) in [5.74, 6) is 0. The van der Waals surface area contributed by atoms with Gasteiger partial charge in [-0.15, -0.1) is 0 Å². The zero-order chi connectivity index (χ0) is 9.38. The van der Waals surface area contributed by atoms with E-state index >= 15 is 0 Å². The monoisotopic (exact) mass is 246 g/mol. The van der Waals surface area contributed by atoms with E-state index in [4.69, 9.17) is 0 Å². The molecule has 3 rings (SSSR count). The van der Waals surface area contributed by atoms with Crippen LogP contribution in [0.3, 0.4) is 0 Å². The average Bonchev–Trinajstić information content (AvgIpc) is 2.26. The quantitative estimate of drug-likeness (QED) is 0.587. The maximum atomic E-state index is 3.40. The fourth-order valence-corrected chi connectivity index (χ4v) is 3.55. The van der Waals surface area contributed by atoms with Crippen molar-refractivity contribution in [2.24, 2.45) is 0 Å². The van der Waals surface area contributed by atoms with Crippen LogP contribution in [-0.2, 0) is 0 Å². The number of hydrogen-bond donors (Lipinski definition) is 1. The summed E-state index contributed by atoms with van der Waals surface area (Å²) in [5, 5.41) is 3.40. The van der Waals surface area contributed by atoms with Crippen molar-refractivity contribution in [3.8, 4) is 0 Å². The summed E-state index contributed by atoms with van der Waals surface area (Å²) in [7, 11) is 0. The Morgan fingerprint density at radius 1 is 1.00 bits per heavy atom. The second kappa shape index (κ2) is 3.16. The number of nitrogens with one attached hydrogen (secondary N) is 1. The minimum absolute atomic E-state index is 0.426. The van der Waals surface area contributed by atoms with Crippen molar-refractivity contribution in [3.05, 3.63) is 48.5 Å². The Morgan fingerprint density at radius 2 is 1.86 bits per heavy atom. The van der Waals surface area contributed by atoms with Crippen LogP contribution in [0.2, 0.25) is 0 Å². The zero-order valence-corrected chi connectivity index (χ0v) is 9.16. The molecule has 1 nitrogen and oxygen atoms in total. The van der Waals surface area contributed by atoms with E-state index in [-0.39, 0.29) is 0 Å². The molecule has 67 valence electrons. The van der Waals surface area contributed by atoms with Crippen molar-refractivity contribution in [2.45, 2.75) is 0 Å². The molecule has 2 aromatic carbocycles. The third-order valence-corrected chi connectivity index (χ3v) is 4.57. The summed E-state index contributed by atoms with van der Waals surface area (Å²) < 4.78 is 2.81. The van der Waals surface area contributed by atoms with Gasteiger partial charge in [-0.05, 0) is 0 Å². The summed E-state index contributed by atoms with van der Waals surface area (Å²) in [4.78, 5) is 0. The molecule has 0 amide bonds. The summed E-state index contributed by atoms with van der Waals surface area (Å²) >= 11 is 0.426. The minimum atomic E-state index is 0.426. The SMILES string of the molecule is [c]1cccc2c1Nc1ccccc1[Se]2. The van der Waals surface area contributed by atoms with Gasteiger partial charge in [0.05, 0.1) is 0 Å². The molecule has 14 heavy (non-hydrogen) atoms. The molecule has 2 heteroatoms. The Balaban J connectivity index is 2.12. The van der Waals surface area contributed by atoms with Crippen LogP contribution in [0.15, 0.2) is 42.5 Å². The van der Waals surface area contributed by atoms with Crippen LogP contribution >= 0.6 is 0 Å². The molecule has 1 aliphatic rings. The molecule has 2 aromatic rings. The first-order valence-corrected chi connectivity index (χ1v) is 6.19. The van der Waals surface area contributed by atoms with Gasteiger partial charge in [0.2, 0.25) is 0 Å². The van der Waals surface area contributed by atoms with E-state index in [1.807, 2.05) is 6.07 Å². The number of anilines is 2. The first-order chi connectivity index (χ1) is 6.93. The zero-order valence-electron chi connectivity index (χ0n) is 7.45. The second-order valence-electron chi connectivity index (χ2n) is 3.13. The summed E-state index contributed by atoms with van der Waals surface area (Å²) in [5.41, 5.74) is 2.38. The summed E-state index contributed by atoms with van der Waals surface area (Å²) in [6, 6.07) is 17.9. The molecular formula is C12H8NSe. The van der Waals surface area contributed by atoms with Gasteiger partial charge in [-0.25, -0.2) is 0 Å². The molecule has 0 aromatic heterocycles. The van der Waals surface area contributed by atoms with Gasteiger partial charge < -0.3 is 0 Å². The van der Waals surface area contributed by atoms with E-state index in [9.17, 15) is 0 Å². The van der Waals surface area contributed by atoms with Crippen molar-refractivity contribution in [2.75, 3.05) is 5.32 Å². The van der Waals surface area contributed by atoms with E-state index in [1.54, 1.807) is 0 Å². The molecule has 0 fully saturated rings. The molecule has 1 aliphatic heterocycles. The normalized spacial score (nSPS) is 12.6. The summed E-state index contributed by atoms with van der Waals surface area (Å²) in [6.45, 7) is 0. The Bertz CT molecular complexity index is 392. The molecule has 1 radical (unpaired) electrons. The number of rotatable bonds is 0. The van der Waals surface area contributed by atoms with E-state index in [2.05, 4.69) is 47.8 Å². The van der Waals surface area contributed by atoms with E-state index in [0.717, 1.165) is 5.69 Å². The number of para-hydroxylation sites is 2. The molecule has 0 aliphatic carbocycles. The van der Waals surface area contributed by atoms with Gasteiger partial charge in [0.25, 0.3) is 0 Å². The number of fused-ring (bicyclic) bond motifs is 2. The Kier molecular flexibility index (Phi) is 1.83. The van der Waals surface area contributed by atoms with Gasteiger partial charge in [-0.1, -0.05) is 0 Å². The van der Waals surface area contributed by atoms with Crippen molar-refractivity contribution >= 4 is 35.3 Å². The molecule has 1 N–H and O–H groups in total. The number of benzene rings is 2. The topological polar surface area (TPSA) is 12.0 Å². The van der Waals surface area contributed by atoms with E-state index < -0.39 is 0 Å². The molecule has 0 unspecified atom stereocenters. The van der Waals surface area contributed by atoms with Crippen LogP contribution < -0.4 is 14.2 Å². The van der Waals surface area contributed by atoms with Gasteiger partial charge in [0.15, 0.2) is 0 Å². The Labute approximate surface area is 89.3 Å². The van der Waals surface area contributed by atoms with Crippen molar-refractivity contribution < 1.29 is 0 Å². The fourth-order valence-electron chi connectivity index (χ4n) is 1.52. The van der Waals surface area contributed by atoms with Crippen LogP contribution in [0.4, 0.5) is 11.4 Å². The summed E-state index contributed by atoms with van der Waals surface area (Å²) in [6.07, 6.45) is 0. The van der Waals surface area contributed by atoms with Gasteiger partial charge >= 0.3 is 89.1 Å². The Morgan fingerprint density at radius 3 is 2.86 bits per heavy atom. The van der Waals surface area contributed by atoms with Crippen molar-refractivity contribution in [1.82, 2.24) is 0 Å². The van der Waals surface area contributed by atoms with Crippen LogP contribution in [0.5, 0.6) is 0 Å². The van der Waals surface area contributed by atoms with Crippen LogP contribution in [0, 0.1) is 6.07 Å². The fraction of sp³-hybridized carbons (Fsp3) is 0. The van der Waals surface area contributed by atoms with Gasteiger partial charge in [-0.3, -0.25) is 0 Å². The molecule has 0 saturated heterocycles. The molecular weight excluding hydrogens is 237 g/mol. The first-order valence-electron chi connectivity index (χ1n) is 4.48. The van der Waals surface area contributed by atoms with Gasteiger partial charge in [0, 0.05) is 0 Å². The molecule has 1 heterocycles. The molecule has 0 saturated carbocycles. The number of hydrogen-bond acceptors (Lipinski definition) is 1. The van der Waals surface area contributed by atoms with Crippen LogP contribution in [-0.4, -0.2) is 15.0 Å². The average molecular weight is 245 g/mol. The second-order valence-corrected chi connectivity index (χ2v) is 5.41. The molecule has 0 bridgehead atoms. The third-order valence-electron chi connectivity index (χ3n) is 2.18. The van der Waals surface area contributed by atoms with Gasteiger partial charge in [0.1, 0.15) is 0 Å². The van der Waals surface area contributed by atoms with Gasteiger partial charge in [-0.2, -0.15) is 0 Å². The third kappa shape index (κ3) is 1.24. The molecule has 0 spiro atoms. The van der Waals surface area contributed by atoms with Crippen LogP contribution in [0.1, 0.15) is 0 Å². The van der Waals surface area contributed by atoms with Crippen LogP contribution in [0.25, 0.3) is 0 Å². The first kappa shape index (κ1) is 8.10.